The highest BCUT2D eigenvalue weighted by Gasteiger charge is 2.29. The molecule has 28 heavy (non-hydrogen) atoms. The van der Waals surface area contributed by atoms with Crippen LogP contribution in [0.5, 0.6) is 11.6 Å². The maximum Gasteiger partial charge on any atom is 0.308 e. The number of esters is 1. The van der Waals surface area contributed by atoms with Gasteiger partial charge in [-0.05, 0) is 56.2 Å². The summed E-state index contributed by atoms with van der Waals surface area (Å²) in [5.41, 5.74) is 1.23. The molecule has 0 aliphatic carbocycles. The smallest absolute Gasteiger partial charge is 0.308 e. The predicted molar refractivity (Wildman–Crippen MR) is 100 cm³/mol. The molecule has 0 bridgehead atoms. The van der Waals surface area contributed by atoms with Crippen molar-refractivity contribution in [3.8, 4) is 11.6 Å². The van der Waals surface area contributed by atoms with E-state index in [-0.39, 0.29) is 23.6 Å². The molecule has 1 aliphatic rings. The fraction of sp³-hybridized carbons (Fsp3) is 0.350. The third-order valence-corrected chi connectivity index (χ3v) is 4.69. The van der Waals surface area contributed by atoms with E-state index in [4.69, 9.17) is 9.47 Å². The van der Waals surface area contributed by atoms with Crippen LogP contribution >= 0.6 is 0 Å². The van der Waals surface area contributed by atoms with Gasteiger partial charge < -0.3 is 19.6 Å². The number of oxime groups is 1. The number of carbonyl (C=O) groups excluding carboxylic acids is 1. The molecule has 3 rings (SSSR count). The van der Waals surface area contributed by atoms with Crippen molar-refractivity contribution in [1.82, 2.24) is 9.88 Å². The van der Waals surface area contributed by atoms with Gasteiger partial charge in [-0.15, -0.1) is 0 Å². The Morgan fingerprint density at radius 1 is 1.21 bits per heavy atom. The van der Waals surface area contributed by atoms with Crippen LogP contribution in [0.15, 0.2) is 41.6 Å². The number of amidine groups is 1. The molecule has 0 atom stereocenters. The van der Waals surface area contributed by atoms with Crippen molar-refractivity contribution in [2.45, 2.75) is 19.8 Å². The van der Waals surface area contributed by atoms with Crippen molar-refractivity contribution in [3.05, 3.63) is 53.5 Å². The molecule has 0 spiro atoms. The third kappa shape index (κ3) is 4.39. The topological polar surface area (TPSA) is 84.2 Å². The minimum atomic E-state index is -0.365. The molecule has 148 valence electrons. The summed E-state index contributed by atoms with van der Waals surface area (Å²) in [7, 11) is 1.38. The summed E-state index contributed by atoms with van der Waals surface area (Å²) in [5, 5.41) is 13.1. The molecule has 1 N–H and O–H groups in total. The lowest BCUT2D eigenvalue weighted by Crippen LogP contribution is -2.41. The summed E-state index contributed by atoms with van der Waals surface area (Å²) in [6.45, 7) is 2.88. The van der Waals surface area contributed by atoms with Gasteiger partial charge in [-0.3, -0.25) is 4.79 Å². The molecule has 8 heteroatoms. The van der Waals surface area contributed by atoms with E-state index in [9.17, 15) is 14.4 Å². The number of hydrogen-bond acceptors (Lipinski definition) is 6. The normalized spacial score (nSPS) is 15.4. The van der Waals surface area contributed by atoms with Crippen molar-refractivity contribution in [2.24, 2.45) is 11.1 Å². The Bertz CT molecular complexity index is 862. The summed E-state index contributed by atoms with van der Waals surface area (Å²) in [6, 6.07) is 9.15. The van der Waals surface area contributed by atoms with Crippen molar-refractivity contribution in [1.29, 1.82) is 0 Å². The number of rotatable bonds is 4. The highest BCUT2D eigenvalue weighted by Crippen LogP contribution is 2.27. The van der Waals surface area contributed by atoms with E-state index in [0.29, 0.717) is 43.1 Å². The SMILES string of the molecule is COC(=O)C1CCN(/C(=N\O)c2ccc(C)nc2Oc2ccc(F)cc2)CC1. The Labute approximate surface area is 162 Å². The van der Waals surface area contributed by atoms with Crippen molar-refractivity contribution in [3.63, 3.8) is 0 Å². The van der Waals surface area contributed by atoms with Gasteiger partial charge in [0.05, 0.1) is 18.6 Å². The first-order chi connectivity index (χ1) is 13.5. The van der Waals surface area contributed by atoms with Crippen LogP contribution in [-0.4, -0.2) is 47.1 Å². The van der Waals surface area contributed by atoms with Crippen molar-refractivity contribution >= 4 is 11.8 Å². The number of pyridine rings is 1. The molecule has 1 aromatic heterocycles. The Hall–Kier alpha value is -3.16. The van der Waals surface area contributed by atoms with E-state index >= 15 is 0 Å². The highest BCUT2D eigenvalue weighted by molar-refractivity contribution is 6.00. The Kier molecular flexibility index (Phi) is 6.08. The van der Waals surface area contributed by atoms with Gasteiger partial charge in [0, 0.05) is 18.8 Å². The lowest BCUT2D eigenvalue weighted by Gasteiger charge is -2.32. The fourth-order valence-electron chi connectivity index (χ4n) is 3.18. The zero-order valence-corrected chi connectivity index (χ0v) is 15.8. The molecule has 7 nitrogen and oxygen atoms in total. The standard InChI is InChI=1S/C20H22FN3O4/c1-13-3-8-17(19(22-13)28-16-6-4-15(21)5-7-16)18(23-26)24-11-9-14(10-12-24)20(25)27-2/h3-8,14,26H,9-12H2,1-2H3/b23-18-. The van der Waals surface area contributed by atoms with Gasteiger partial charge in [-0.2, -0.15) is 0 Å². The maximum atomic E-state index is 13.1. The minimum Gasteiger partial charge on any atom is -0.469 e. The van der Waals surface area contributed by atoms with Crippen LogP contribution in [0.4, 0.5) is 4.39 Å². The minimum absolute atomic E-state index is 0.160. The average Bonchev–Trinajstić information content (AvgIpc) is 2.71. The number of halogens is 1. The largest absolute Gasteiger partial charge is 0.469 e. The van der Waals surface area contributed by atoms with Gasteiger partial charge in [-0.25, -0.2) is 9.37 Å². The first-order valence-electron chi connectivity index (χ1n) is 8.98. The number of carbonyl (C=O) groups is 1. The molecule has 0 saturated carbocycles. The number of aromatic nitrogens is 1. The van der Waals surface area contributed by atoms with Gasteiger partial charge in [0.15, 0.2) is 5.84 Å². The molecule has 0 amide bonds. The van der Waals surface area contributed by atoms with Gasteiger partial charge in [0.25, 0.3) is 0 Å². The summed E-state index contributed by atoms with van der Waals surface area (Å²) >= 11 is 0. The molecule has 0 unspecified atom stereocenters. The van der Waals surface area contributed by atoms with E-state index in [0.717, 1.165) is 5.69 Å². The summed E-state index contributed by atoms with van der Waals surface area (Å²) < 4.78 is 23.8. The number of methoxy groups -OCH3 is 1. The molecule has 1 aromatic carbocycles. The average molecular weight is 387 g/mol. The number of ether oxygens (including phenoxy) is 2. The van der Waals surface area contributed by atoms with Gasteiger partial charge >= 0.3 is 5.97 Å². The zero-order chi connectivity index (χ0) is 20.1. The molecule has 1 saturated heterocycles. The zero-order valence-electron chi connectivity index (χ0n) is 15.8. The van der Waals surface area contributed by atoms with Crippen LogP contribution in [0, 0.1) is 18.7 Å². The molecule has 1 fully saturated rings. The van der Waals surface area contributed by atoms with Crippen LogP contribution in [0.2, 0.25) is 0 Å². The number of hydrogen-bond donors (Lipinski definition) is 1. The summed E-state index contributed by atoms with van der Waals surface area (Å²) in [4.78, 5) is 18.0. The second kappa shape index (κ2) is 8.69. The molecular formula is C20H22FN3O4. The molecule has 2 aromatic rings. The predicted octanol–water partition coefficient (Wildman–Crippen LogP) is 3.34. The third-order valence-electron chi connectivity index (χ3n) is 4.69. The number of nitrogens with zero attached hydrogens (tertiary/aromatic N) is 3. The van der Waals surface area contributed by atoms with Crippen LogP contribution < -0.4 is 4.74 Å². The summed E-state index contributed by atoms with van der Waals surface area (Å²) in [6.07, 6.45) is 1.19. The lowest BCUT2D eigenvalue weighted by molar-refractivity contribution is -0.146. The van der Waals surface area contributed by atoms with Gasteiger partial charge in [0.2, 0.25) is 5.88 Å². The van der Waals surface area contributed by atoms with E-state index < -0.39 is 0 Å². The fourth-order valence-corrected chi connectivity index (χ4v) is 3.18. The lowest BCUT2D eigenvalue weighted by atomic mass is 9.96. The van der Waals surface area contributed by atoms with Crippen LogP contribution in [0.1, 0.15) is 24.1 Å². The second-order valence-electron chi connectivity index (χ2n) is 6.57. The number of benzene rings is 1. The van der Waals surface area contributed by atoms with E-state index in [1.165, 1.54) is 31.4 Å². The second-order valence-corrected chi connectivity index (χ2v) is 6.57. The number of piperidine rings is 1. The summed E-state index contributed by atoms with van der Waals surface area (Å²) in [5.74, 6) is 0.243. The molecule has 2 heterocycles. The first-order valence-corrected chi connectivity index (χ1v) is 8.98. The van der Waals surface area contributed by atoms with Crippen LogP contribution in [0.3, 0.4) is 0 Å². The van der Waals surface area contributed by atoms with Crippen LogP contribution in [-0.2, 0) is 9.53 Å². The quantitative estimate of drug-likeness (QED) is 0.285. The highest BCUT2D eigenvalue weighted by atomic mass is 19.1. The monoisotopic (exact) mass is 387 g/mol. The Morgan fingerprint density at radius 2 is 1.89 bits per heavy atom. The molecular weight excluding hydrogens is 365 g/mol. The first kappa shape index (κ1) is 19.6. The van der Waals surface area contributed by atoms with Gasteiger partial charge in [-0.1, -0.05) is 5.16 Å². The van der Waals surface area contributed by atoms with E-state index in [1.807, 2.05) is 11.8 Å². The van der Waals surface area contributed by atoms with E-state index in [2.05, 4.69) is 10.1 Å². The molecule has 0 radical (unpaired) electrons. The number of aryl methyl sites for hydroxylation is 1. The van der Waals surface area contributed by atoms with Crippen molar-refractivity contribution < 1.29 is 23.9 Å². The Morgan fingerprint density at radius 3 is 2.50 bits per heavy atom. The van der Waals surface area contributed by atoms with Crippen LogP contribution in [0.25, 0.3) is 0 Å². The van der Waals surface area contributed by atoms with Crippen molar-refractivity contribution in [2.75, 3.05) is 20.2 Å². The Balaban J connectivity index is 1.83. The van der Waals surface area contributed by atoms with E-state index in [1.54, 1.807) is 12.1 Å². The van der Waals surface area contributed by atoms with Gasteiger partial charge in [0.1, 0.15) is 11.6 Å². The maximum absolute atomic E-state index is 13.1. The number of likely N-dealkylation sites (tertiary alicyclic amines) is 1. The molecule has 1 aliphatic heterocycles.